The monoisotopic (exact) mass is 396 g/mol. The minimum absolute atomic E-state index is 0.194. The van der Waals surface area contributed by atoms with Crippen molar-refractivity contribution in [2.75, 3.05) is 0 Å². The summed E-state index contributed by atoms with van der Waals surface area (Å²) in [6.07, 6.45) is -11.4. The van der Waals surface area contributed by atoms with Gasteiger partial charge >= 0.3 is 18.4 Å². The van der Waals surface area contributed by atoms with Crippen molar-refractivity contribution in [1.29, 1.82) is 0 Å². The second-order valence-corrected chi connectivity index (χ2v) is 5.48. The Morgan fingerprint density at radius 2 is 1.56 bits per heavy atom. The smallest absolute Gasteiger partial charge is 0.245 e. The predicted octanol–water partition coefficient (Wildman–Crippen LogP) is 5.13. The van der Waals surface area contributed by atoms with Crippen molar-refractivity contribution in [3.63, 3.8) is 0 Å². The van der Waals surface area contributed by atoms with Crippen LogP contribution in [0, 0.1) is 0 Å². The fraction of sp³-hybridized carbons (Fsp3) is 1.00. The molecule has 0 spiro atoms. The molecule has 9 heteroatoms. The highest BCUT2D eigenvalue weighted by atomic mass is 127. The fourth-order valence-electron chi connectivity index (χ4n) is 1.21. The van der Waals surface area contributed by atoms with Gasteiger partial charge in [-0.2, -0.15) is 13.2 Å². The van der Waals surface area contributed by atoms with Gasteiger partial charge in [0.25, 0.3) is 0 Å². The van der Waals surface area contributed by atoms with Gasteiger partial charge in [0.15, 0.2) is 0 Å². The van der Waals surface area contributed by atoms with E-state index in [0.717, 1.165) is 0 Å². The first-order chi connectivity index (χ1) is 7.91. The predicted molar refractivity (Wildman–Crippen MR) is 59.0 cm³/mol. The lowest BCUT2D eigenvalue weighted by Crippen LogP contribution is -2.48. The molecule has 0 fully saturated rings. The number of halogens is 8. The van der Waals surface area contributed by atoms with Gasteiger partial charge in [0.1, 0.15) is 0 Å². The van der Waals surface area contributed by atoms with Crippen LogP contribution in [0.25, 0.3) is 0 Å². The van der Waals surface area contributed by atoms with Crippen molar-refractivity contribution in [3.8, 4) is 0 Å². The Labute approximate surface area is 113 Å². The van der Waals surface area contributed by atoms with Gasteiger partial charge in [-0.05, 0) is 6.42 Å². The van der Waals surface area contributed by atoms with Crippen molar-refractivity contribution in [3.05, 3.63) is 0 Å². The third-order valence-corrected chi connectivity index (χ3v) is 3.12. The Bertz CT molecular complexity index is 252. The zero-order chi connectivity index (χ0) is 14.6. The Hall–Kier alpha value is 0.200. The molecule has 0 saturated carbocycles. The molecule has 0 aliphatic heterocycles. The SMILES string of the molecule is CCCCC(I)CC(F)(OC(F)(F)F)C(F)(F)F. The van der Waals surface area contributed by atoms with Gasteiger partial charge in [-0.15, -0.1) is 13.2 Å². The lowest BCUT2D eigenvalue weighted by molar-refractivity contribution is -0.448. The number of rotatable bonds is 6. The summed E-state index contributed by atoms with van der Waals surface area (Å²) >= 11 is 1.49. The average molecular weight is 396 g/mol. The molecular formula is C9H12F7IO. The highest BCUT2D eigenvalue weighted by Gasteiger charge is 2.62. The van der Waals surface area contributed by atoms with Crippen LogP contribution in [0.1, 0.15) is 32.6 Å². The van der Waals surface area contributed by atoms with Crippen molar-refractivity contribution in [1.82, 2.24) is 0 Å². The maximum absolute atomic E-state index is 13.4. The van der Waals surface area contributed by atoms with Gasteiger partial charge in [-0.25, -0.2) is 9.13 Å². The second kappa shape index (κ2) is 6.58. The molecule has 2 atom stereocenters. The molecule has 0 N–H and O–H groups in total. The molecule has 0 aromatic carbocycles. The number of alkyl halides is 8. The summed E-state index contributed by atoms with van der Waals surface area (Å²) in [5.41, 5.74) is 0. The molecule has 18 heavy (non-hydrogen) atoms. The summed E-state index contributed by atoms with van der Waals surface area (Å²) in [6.45, 7) is 1.77. The highest BCUT2D eigenvalue weighted by Crippen LogP contribution is 2.44. The van der Waals surface area contributed by atoms with E-state index in [1.807, 2.05) is 0 Å². The van der Waals surface area contributed by atoms with E-state index in [0.29, 0.717) is 12.8 Å². The minimum Gasteiger partial charge on any atom is -0.245 e. The Morgan fingerprint density at radius 1 is 1.06 bits per heavy atom. The molecule has 0 heterocycles. The van der Waals surface area contributed by atoms with Gasteiger partial charge in [0.2, 0.25) is 0 Å². The van der Waals surface area contributed by atoms with Crippen LogP contribution in [0.3, 0.4) is 0 Å². The van der Waals surface area contributed by atoms with Crippen LogP contribution in [0.2, 0.25) is 0 Å². The zero-order valence-electron chi connectivity index (χ0n) is 9.34. The van der Waals surface area contributed by atoms with E-state index < -0.39 is 28.7 Å². The van der Waals surface area contributed by atoms with Crippen molar-refractivity contribution in [2.45, 2.75) is 54.9 Å². The number of unbranched alkanes of at least 4 members (excludes halogenated alkanes) is 1. The summed E-state index contributed by atoms with van der Waals surface area (Å²) < 4.78 is 87.6. The summed E-state index contributed by atoms with van der Waals surface area (Å²) in [4.78, 5) is 0. The van der Waals surface area contributed by atoms with Crippen molar-refractivity contribution < 1.29 is 35.5 Å². The van der Waals surface area contributed by atoms with Gasteiger partial charge in [-0.3, -0.25) is 0 Å². The second-order valence-electron chi connectivity index (χ2n) is 3.72. The molecule has 1 nitrogen and oxygen atoms in total. The standard InChI is InChI=1S/C9H12F7IO/c1-2-3-4-6(17)5-7(10,8(11,12)13)18-9(14,15)16/h6H,2-5H2,1H3. The Kier molecular flexibility index (Phi) is 6.65. The molecule has 0 aliphatic rings. The number of ether oxygens (including phenoxy) is 1. The van der Waals surface area contributed by atoms with Crippen LogP contribution in [-0.4, -0.2) is 22.3 Å². The first kappa shape index (κ1) is 18.2. The molecule has 0 radical (unpaired) electrons. The maximum Gasteiger partial charge on any atom is 0.525 e. The topological polar surface area (TPSA) is 9.23 Å². The molecule has 110 valence electrons. The van der Waals surface area contributed by atoms with E-state index in [9.17, 15) is 30.7 Å². The lowest BCUT2D eigenvalue weighted by atomic mass is 10.1. The van der Waals surface area contributed by atoms with E-state index >= 15 is 0 Å². The molecule has 0 aromatic heterocycles. The first-order valence-electron chi connectivity index (χ1n) is 5.08. The van der Waals surface area contributed by atoms with Crippen LogP contribution in [0.5, 0.6) is 0 Å². The maximum atomic E-state index is 13.4. The molecule has 0 saturated heterocycles. The highest BCUT2D eigenvalue weighted by molar-refractivity contribution is 14.1. The largest absolute Gasteiger partial charge is 0.525 e. The van der Waals surface area contributed by atoms with Gasteiger partial charge < -0.3 is 0 Å². The summed E-state index contributed by atoms with van der Waals surface area (Å²) in [5, 5.41) is 0. The van der Waals surface area contributed by atoms with E-state index in [2.05, 4.69) is 4.74 Å². The Morgan fingerprint density at radius 3 is 1.89 bits per heavy atom. The van der Waals surface area contributed by atoms with Gasteiger partial charge in [-0.1, -0.05) is 42.4 Å². The molecule has 0 amide bonds. The summed E-state index contributed by atoms with van der Waals surface area (Å²) in [7, 11) is 0. The normalized spacial score (nSPS) is 18.5. The van der Waals surface area contributed by atoms with Crippen LogP contribution in [-0.2, 0) is 4.74 Å². The average Bonchev–Trinajstić information content (AvgIpc) is 2.09. The van der Waals surface area contributed by atoms with Crippen LogP contribution in [0.15, 0.2) is 0 Å². The summed E-state index contributed by atoms with van der Waals surface area (Å²) in [5.74, 6) is -4.69. The molecule has 0 bridgehead atoms. The Balaban J connectivity index is 4.79. The third-order valence-electron chi connectivity index (χ3n) is 2.06. The number of hydrogen-bond donors (Lipinski definition) is 0. The van der Waals surface area contributed by atoms with E-state index in [4.69, 9.17) is 0 Å². The van der Waals surface area contributed by atoms with Gasteiger partial charge in [0.05, 0.1) is 0 Å². The van der Waals surface area contributed by atoms with Crippen LogP contribution in [0.4, 0.5) is 30.7 Å². The molecule has 0 aromatic rings. The lowest BCUT2D eigenvalue weighted by Gasteiger charge is -2.30. The van der Waals surface area contributed by atoms with E-state index in [1.165, 1.54) is 22.6 Å². The third kappa shape index (κ3) is 6.39. The van der Waals surface area contributed by atoms with E-state index in [1.54, 1.807) is 6.92 Å². The molecule has 0 aliphatic carbocycles. The molecular weight excluding hydrogens is 384 g/mol. The number of hydrogen-bond acceptors (Lipinski definition) is 1. The van der Waals surface area contributed by atoms with Crippen molar-refractivity contribution >= 4 is 22.6 Å². The zero-order valence-corrected chi connectivity index (χ0v) is 11.5. The van der Waals surface area contributed by atoms with Gasteiger partial charge in [0, 0.05) is 10.3 Å². The van der Waals surface area contributed by atoms with Crippen LogP contribution < -0.4 is 0 Å². The molecule has 0 rings (SSSR count). The fourth-order valence-corrected chi connectivity index (χ4v) is 2.22. The molecule has 2 unspecified atom stereocenters. The summed E-state index contributed by atoms with van der Waals surface area (Å²) in [6, 6.07) is 0. The quantitative estimate of drug-likeness (QED) is 0.344. The van der Waals surface area contributed by atoms with Crippen molar-refractivity contribution in [2.24, 2.45) is 0 Å². The van der Waals surface area contributed by atoms with Crippen LogP contribution >= 0.6 is 22.6 Å². The minimum atomic E-state index is -5.72. The first-order valence-corrected chi connectivity index (χ1v) is 6.32. The van der Waals surface area contributed by atoms with E-state index in [-0.39, 0.29) is 6.42 Å².